The Morgan fingerprint density at radius 1 is 1.33 bits per heavy atom. The van der Waals surface area contributed by atoms with E-state index in [9.17, 15) is 4.79 Å². The van der Waals surface area contributed by atoms with Crippen molar-refractivity contribution in [2.45, 2.75) is 32.1 Å². The molecule has 15 heavy (non-hydrogen) atoms. The first-order valence-electron chi connectivity index (χ1n) is 5.40. The van der Waals surface area contributed by atoms with E-state index in [-0.39, 0.29) is 0 Å². The average molecular weight is 267 g/mol. The Morgan fingerprint density at radius 2 is 1.93 bits per heavy atom. The third kappa shape index (κ3) is 2.69. The Labute approximate surface area is 99.0 Å². The summed E-state index contributed by atoms with van der Waals surface area (Å²) < 4.78 is 1.13. The predicted molar refractivity (Wildman–Crippen MR) is 64.9 cm³/mol. The van der Waals surface area contributed by atoms with Crippen molar-refractivity contribution in [1.29, 1.82) is 0 Å². The molecule has 0 aliphatic heterocycles. The van der Waals surface area contributed by atoms with Crippen LogP contribution in [0.4, 0.5) is 0 Å². The molecule has 0 saturated heterocycles. The summed E-state index contributed by atoms with van der Waals surface area (Å²) in [5.74, 6) is 1.65. The third-order valence-corrected chi connectivity index (χ3v) is 3.68. The van der Waals surface area contributed by atoms with Crippen LogP contribution in [0.5, 0.6) is 0 Å². The van der Waals surface area contributed by atoms with E-state index in [1.54, 1.807) is 6.92 Å². The molecule has 1 aromatic rings. The highest BCUT2D eigenvalue weighted by Crippen LogP contribution is 2.43. The number of Topliss-reactive ketones (excluding diaryl/α,β-unsaturated/α-hetero) is 1. The topological polar surface area (TPSA) is 17.1 Å². The Hall–Kier alpha value is -0.630. The van der Waals surface area contributed by atoms with Crippen LogP contribution in [-0.4, -0.2) is 5.78 Å². The molecule has 0 N–H and O–H groups in total. The van der Waals surface area contributed by atoms with E-state index in [0.717, 1.165) is 10.9 Å². The summed E-state index contributed by atoms with van der Waals surface area (Å²) in [5.41, 5.74) is 1.41. The molecule has 1 fully saturated rings. The maximum atomic E-state index is 10.9. The molecule has 2 heteroatoms. The SMILES string of the molecule is CC(=O)CC1CC(c2ccc(Br)cc2)C1. The summed E-state index contributed by atoms with van der Waals surface area (Å²) in [6.45, 7) is 1.69. The van der Waals surface area contributed by atoms with E-state index in [0.29, 0.717) is 17.6 Å². The Bertz CT molecular complexity index is 349. The molecule has 1 aromatic carbocycles. The van der Waals surface area contributed by atoms with Gasteiger partial charge in [0.15, 0.2) is 0 Å². The number of carbonyl (C=O) groups excluding carboxylic acids is 1. The lowest BCUT2D eigenvalue weighted by Crippen LogP contribution is -2.23. The number of halogens is 1. The first-order chi connectivity index (χ1) is 7.15. The van der Waals surface area contributed by atoms with Gasteiger partial charge in [0.05, 0.1) is 0 Å². The molecule has 80 valence electrons. The Morgan fingerprint density at radius 3 is 2.47 bits per heavy atom. The van der Waals surface area contributed by atoms with Crippen LogP contribution < -0.4 is 0 Å². The van der Waals surface area contributed by atoms with Crippen molar-refractivity contribution in [3.05, 3.63) is 34.3 Å². The third-order valence-electron chi connectivity index (χ3n) is 3.15. The van der Waals surface area contributed by atoms with Gasteiger partial charge in [-0.25, -0.2) is 0 Å². The smallest absolute Gasteiger partial charge is 0.130 e. The predicted octanol–water partition coefficient (Wildman–Crippen LogP) is 3.92. The summed E-state index contributed by atoms with van der Waals surface area (Å²) in [7, 11) is 0. The molecule has 0 atom stereocenters. The lowest BCUT2D eigenvalue weighted by molar-refractivity contribution is -0.118. The molecule has 0 radical (unpaired) electrons. The van der Waals surface area contributed by atoms with Crippen molar-refractivity contribution in [3.63, 3.8) is 0 Å². The Kier molecular flexibility index (Phi) is 3.25. The van der Waals surface area contributed by atoms with Gasteiger partial charge >= 0.3 is 0 Å². The lowest BCUT2D eigenvalue weighted by Gasteiger charge is -2.35. The molecule has 1 saturated carbocycles. The summed E-state index contributed by atoms with van der Waals surface area (Å²) in [5, 5.41) is 0. The van der Waals surface area contributed by atoms with Gasteiger partial charge in [-0.15, -0.1) is 0 Å². The molecule has 1 nitrogen and oxygen atoms in total. The summed E-state index contributed by atoms with van der Waals surface area (Å²) in [6.07, 6.45) is 3.13. The van der Waals surface area contributed by atoms with Crippen LogP contribution in [0.25, 0.3) is 0 Å². The minimum absolute atomic E-state index is 0.328. The molecule has 2 rings (SSSR count). The van der Waals surface area contributed by atoms with Crippen LogP contribution in [0.3, 0.4) is 0 Å². The van der Waals surface area contributed by atoms with Crippen LogP contribution in [0, 0.1) is 5.92 Å². The number of rotatable bonds is 3. The van der Waals surface area contributed by atoms with E-state index in [2.05, 4.69) is 40.2 Å². The number of hydrogen-bond acceptors (Lipinski definition) is 1. The van der Waals surface area contributed by atoms with Gasteiger partial charge in [-0.3, -0.25) is 0 Å². The lowest BCUT2D eigenvalue weighted by atomic mass is 9.70. The van der Waals surface area contributed by atoms with Crippen molar-refractivity contribution in [2.24, 2.45) is 5.92 Å². The van der Waals surface area contributed by atoms with Crippen LogP contribution >= 0.6 is 15.9 Å². The summed E-state index contributed by atoms with van der Waals surface area (Å²) in [6, 6.07) is 8.54. The fourth-order valence-electron chi connectivity index (χ4n) is 2.32. The van der Waals surface area contributed by atoms with E-state index in [1.807, 2.05) is 0 Å². The maximum absolute atomic E-state index is 10.9. The second-order valence-electron chi connectivity index (χ2n) is 4.49. The molecule has 0 heterocycles. The normalized spacial score (nSPS) is 24.7. The van der Waals surface area contributed by atoms with Crippen molar-refractivity contribution < 1.29 is 4.79 Å². The van der Waals surface area contributed by atoms with E-state index >= 15 is 0 Å². The second-order valence-corrected chi connectivity index (χ2v) is 5.41. The van der Waals surface area contributed by atoms with Gasteiger partial charge in [-0.1, -0.05) is 28.1 Å². The van der Waals surface area contributed by atoms with E-state index in [1.165, 1.54) is 18.4 Å². The van der Waals surface area contributed by atoms with E-state index in [4.69, 9.17) is 0 Å². The zero-order chi connectivity index (χ0) is 10.8. The molecule has 0 aromatic heterocycles. The standard InChI is InChI=1S/C13H15BrO/c1-9(15)6-10-7-12(8-10)11-2-4-13(14)5-3-11/h2-5,10,12H,6-8H2,1H3. The van der Waals surface area contributed by atoms with Crippen LogP contribution in [0.1, 0.15) is 37.7 Å². The monoisotopic (exact) mass is 266 g/mol. The fourth-order valence-corrected chi connectivity index (χ4v) is 2.58. The van der Waals surface area contributed by atoms with Crippen molar-refractivity contribution in [2.75, 3.05) is 0 Å². The van der Waals surface area contributed by atoms with Crippen molar-refractivity contribution in [1.82, 2.24) is 0 Å². The highest BCUT2D eigenvalue weighted by atomic mass is 79.9. The van der Waals surface area contributed by atoms with Crippen LogP contribution in [0.15, 0.2) is 28.7 Å². The first-order valence-corrected chi connectivity index (χ1v) is 6.19. The second kappa shape index (κ2) is 4.48. The molecule has 0 spiro atoms. The molecule has 1 aliphatic rings. The summed E-state index contributed by atoms with van der Waals surface area (Å²) >= 11 is 3.43. The zero-order valence-electron chi connectivity index (χ0n) is 8.87. The number of hydrogen-bond donors (Lipinski definition) is 0. The molecule has 0 bridgehead atoms. The van der Waals surface area contributed by atoms with Crippen LogP contribution in [0.2, 0.25) is 0 Å². The molecular formula is C13H15BrO. The highest BCUT2D eigenvalue weighted by Gasteiger charge is 2.30. The molecule has 0 unspecified atom stereocenters. The van der Waals surface area contributed by atoms with Gasteiger partial charge in [0.25, 0.3) is 0 Å². The van der Waals surface area contributed by atoms with Crippen LogP contribution in [-0.2, 0) is 4.79 Å². The quantitative estimate of drug-likeness (QED) is 0.811. The highest BCUT2D eigenvalue weighted by molar-refractivity contribution is 9.10. The number of ketones is 1. The van der Waals surface area contributed by atoms with Gasteiger partial charge in [-0.2, -0.15) is 0 Å². The van der Waals surface area contributed by atoms with Gasteiger partial charge in [-0.05, 0) is 49.3 Å². The van der Waals surface area contributed by atoms with E-state index < -0.39 is 0 Å². The number of carbonyl (C=O) groups is 1. The largest absolute Gasteiger partial charge is 0.300 e. The first kappa shape index (κ1) is 10.9. The minimum atomic E-state index is 0.328. The zero-order valence-corrected chi connectivity index (χ0v) is 10.5. The van der Waals surface area contributed by atoms with Gasteiger partial charge in [0.2, 0.25) is 0 Å². The van der Waals surface area contributed by atoms with Gasteiger partial charge in [0.1, 0.15) is 5.78 Å². The minimum Gasteiger partial charge on any atom is -0.300 e. The molecule has 1 aliphatic carbocycles. The maximum Gasteiger partial charge on any atom is 0.130 e. The Balaban J connectivity index is 1.89. The fraction of sp³-hybridized carbons (Fsp3) is 0.462. The average Bonchev–Trinajstić information content (AvgIpc) is 2.12. The number of benzene rings is 1. The summed E-state index contributed by atoms with van der Waals surface area (Å²) in [4.78, 5) is 10.9. The van der Waals surface area contributed by atoms with Gasteiger partial charge < -0.3 is 4.79 Å². The molecule has 0 amide bonds. The van der Waals surface area contributed by atoms with Crippen molar-refractivity contribution in [3.8, 4) is 0 Å². The molecular weight excluding hydrogens is 252 g/mol. The van der Waals surface area contributed by atoms with Gasteiger partial charge in [0, 0.05) is 10.9 Å². The van der Waals surface area contributed by atoms with Crippen molar-refractivity contribution >= 4 is 21.7 Å².